The van der Waals surface area contributed by atoms with Gasteiger partial charge in [-0.2, -0.15) is 0 Å². The van der Waals surface area contributed by atoms with Gasteiger partial charge in [-0.1, -0.05) is 20.8 Å². The van der Waals surface area contributed by atoms with E-state index in [2.05, 4.69) is 33.9 Å². The van der Waals surface area contributed by atoms with Gasteiger partial charge in [0.05, 0.1) is 6.10 Å². The van der Waals surface area contributed by atoms with Crippen molar-refractivity contribution in [1.82, 2.24) is 4.90 Å². The number of amides is 1. The molecule has 0 heterocycles. The summed E-state index contributed by atoms with van der Waals surface area (Å²) in [6, 6.07) is -1.10. The van der Waals surface area contributed by atoms with Crippen molar-refractivity contribution in [2.45, 2.75) is 84.3 Å². The second kappa shape index (κ2) is 7.21. The topological polar surface area (TPSA) is 76.1 Å². The molecule has 2 atom stereocenters. The van der Waals surface area contributed by atoms with Crippen LogP contribution >= 0.6 is 0 Å². The fourth-order valence-corrected chi connectivity index (χ4v) is 3.25. The van der Waals surface area contributed by atoms with E-state index in [-0.39, 0.29) is 5.04 Å². The van der Waals surface area contributed by atoms with Gasteiger partial charge in [0, 0.05) is 7.05 Å². The highest BCUT2D eigenvalue weighted by Crippen LogP contribution is 2.37. The summed E-state index contributed by atoms with van der Waals surface area (Å²) < 4.78 is 11.4. The second-order valence-electron chi connectivity index (χ2n) is 8.46. The van der Waals surface area contributed by atoms with E-state index in [4.69, 9.17) is 9.16 Å². The van der Waals surface area contributed by atoms with Gasteiger partial charge in [-0.15, -0.1) is 0 Å². The molecule has 0 aromatic heterocycles. The number of hydrogen-bond acceptors (Lipinski definition) is 4. The van der Waals surface area contributed by atoms with Crippen molar-refractivity contribution in [1.29, 1.82) is 0 Å². The molecular formula is C16H33NO5Si. The zero-order valence-electron chi connectivity index (χ0n) is 16.2. The predicted molar refractivity (Wildman–Crippen MR) is 93.2 cm³/mol. The Kier molecular flexibility index (Phi) is 6.87. The van der Waals surface area contributed by atoms with Crippen LogP contribution < -0.4 is 0 Å². The third-order valence-corrected chi connectivity index (χ3v) is 8.66. The number of hydrogen-bond donors (Lipinski definition) is 1. The SMILES string of the molecule is C[C@H](O[Si](C)(C)C(C)(C)C)[C@H](C(=O)O)N(C)C(=O)OC(C)(C)C. The lowest BCUT2D eigenvalue weighted by atomic mass is 10.1. The molecule has 0 aromatic rings. The van der Waals surface area contributed by atoms with Gasteiger partial charge in [0.1, 0.15) is 5.60 Å². The van der Waals surface area contributed by atoms with Crippen LogP contribution in [0.5, 0.6) is 0 Å². The maximum absolute atomic E-state index is 12.2. The largest absolute Gasteiger partial charge is 0.480 e. The normalized spacial score (nSPS) is 15.7. The Hall–Kier alpha value is -1.08. The summed E-state index contributed by atoms with van der Waals surface area (Å²) in [6.07, 6.45) is -1.30. The first kappa shape index (κ1) is 21.9. The van der Waals surface area contributed by atoms with Crippen LogP contribution in [0.3, 0.4) is 0 Å². The number of rotatable bonds is 5. The standard InChI is InChI=1S/C16H33NO5Si/c1-11(22-23(9,10)16(5,6)7)12(13(18)19)17(8)14(20)21-15(2,3)4/h11-12H,1-10H3,(H,18,19)/t11-,12+/m0/s1. The van der Waals surface area contributed by atoms with Crippen LogP contribution in [0.2, 0.25) is 18.1 Å². The fraction of sp³-hybridized carbons (Fsp3) is 0.875. The summed E-state index contributed by atoms with van der Waals surface area (Å²) in [4.78, 5) is 24.9. The number of carboxylic acids is 1. The monoisotopic (exact) mass is 347 g/mol. The average Bonchev–Trinajstić information content (AvgIpc) is 2.23. The zero-order chi connectivity index (χ0) is 18.8. The molecule has 1 N–H and O–H groups in total. The second-order valence-corrected chi connectivity index (χ2v) is 13.2. The van der Waals surface area contributed by atoms with E-state index < -0.39 is 38.1 Å². The lowest BCUT2D eigenvalue weighted by molar-refractivity contribution is -0.146. The molecule has 1 amide bonds. The highest BCUT2D eigenvalue weighted by atomic mass is 28.4. The van der Waals surface area contributed by atoms with E-state index in [0.29, 0.717) is 0 Å². The van der Waals surface area contributed by atoms with Gasteiger partial charge in [0.2, 0.25) is 0 Å². The van der Waals surface area contributed by atoms with Crippen LogP contribution in [0.15, 0.2) is 0 Å². The molecule has 0 aliphatic heterocycles. The van der Waals surface area contributed by atoms with Gasteiger partial charge >= 0.3 is 12.1 Å². The number of carbonyl (C=O) groups excluding carboxylic acids is 1. The maximum atomic E-state index is 12.2. The first-order valence-corrected chi connectivity index (χ1v) is 10.8. The number of nitrogens with zero attached hydrogens (tertiary/aromatic N) is 1. The van der Waals surface area contributed by atoms with Gasteiger partial charge in [0.25, 0.3) is 0 Å². The van der Waals surface area contributed by atoms with Gasteiger partial charge in [0.15, 0.2) is 14.4 Å². The minimum Gasteiger partial charge on any atom is -0.480 e. The summed E-state index contributed by atoms with van der Waals surface area (Å²) >= 11 is 0. The van der Waals surface area contributed by atoms with Crippen LogP contribution in [0.4, 0.5) is 4.79 Å². The van der Waals surface area contributed by atoms with Crippen molar-refractivity contribution in [3.05, 3.63) is 0 Å². The van der Waals surface area contributed by atoms with Crippen LogP contribution in [0, 0.1) is 0 Å². The lowest BCUT2D eigenvalue weighted by Crippen LogP contribution is -2.55. The summed E-state index contributed by atoms with van der Waals surface area (Å²) in [5.74, 6) is -1.11. The average molecular weight is 348 g/mol. The summed E-state index contributed by atoms with van der Waals surface area (Å²) in [5, 5.41) is 9.50. The Morgan fingerprint density at radius 3 is 1.83 bits per heavy atom. The Bertz CT molecular complexity index is 437. The molecule has 0 unspecified atom stereocenters. The highest BCUT2D eigenvalue weighted by Gasteiger charge is 2.43. The van der Waals surface area contributed by atoms with E-state index in [1.165, 1.54) is 7.05 Å². The molecule has 0 aromatic carbocycles. The Morgan fingerprint density at radius 1 is 1.09 bits per heavy atom. The third-order valence-electron chi connectivity index (χ3n) is 4.08. The molecule has 0 radical (unpaired) electrons. The van der Waals surface area contributed by atoms with Crippen LogP contribution in [0.25, 0.3) is 0 Å². The molecule has 0 saturated heterocycles. The summed E-state index contributed by atoms with van der Waals surface area (Å²) in [5.41, 5.74) is -0.683. The van der Waals surface area contributed by atoms with Crippen molar-refractivity contribution in [2.24, 2.45) is 0 Å². The smallest absolute Gasteiger partial charge is 0.410 e. The molecule has 0 aliphatic rings. The van der Waals surface area contributed by atoms with Crippen molar-refractivity contribution in [2.75, 3.05) is 7.05 Å². The quantitative estimate of drug-likeness (QED) is 0.767. The van der Waals surface area contributed by atoms with Gasteiger partial charge in [-0.05, 0) is 45.8 Å². The predicted octanol–water partition coefficient (Wildman–Crippen LogP) is 3.72. The number of carbonyl (C=O) groups is 2. The Morgan fingerprint density at radius 2 is 1.52 bits per heavy atom. The summed E-state index contributed by atoms with van der Waals surface area (Å²) in [7, 11) is -0.717. The highest BCUT2D eigenvalue weighted by molar-refractivity contribution is 6.74. The van der Waals surface area contributed by atoms with Crippen molar-refractivity contribution >= 4 is 20.4 Å². The summed E-state index contributed by atoms with van der Waals surface area (Å²) in [6.45, 7) is 17.3. The molecule has 0 aliphatic carbocycles. The molecule has 0 bridgehead atoms. The van der Waals surface area contributed by atoms with Crippen molar-refractivity contribution < 1.29 is 23.9 Å². The zero-order valence-corrected chi connectivity index (χ0v) is 17.2. The van der Waals surface area contributed by atoms with Crippen LogP contribution in [-0.4, -0.2) is 55.2 Å². The Labute approximate surface area is 141 Å². The van der Waals surface area contributed by atoms with Gasteiger partial charge < -0.3 is 14.3 Å². The molecule has 0 saturated carbocycles. The molecule has 6 nitrogen and oxygen atoms in total. The van der Waals surface area contributed by atoms with Crippen molar-refractivity contribution in [3.8, 4) is 0 Å². The van der Waals surface area contributed by atoms with E-state index in [9.17, 15) is 14.7 Å². The van der Waals surface area contributed by atoms with E-state index in [1.54, 1.807) is 27.7 Å². The Balaban J connectivity index is 5.26. The number of likely N-dealkylation sites (N-methyl/N-ethyl adjacent to an activating group) is 1. The molecule has 0 rings (SSSR count). The van der Waals surface area contributed by atoms with Gasteiger partial charge in [-0.25, -0.2) is 9.59 Å². The minimum absolute atomic E-state index is 0.0468. The lowest BCUT2D eigenvalue weighted by Gasteiger charge is -2.41. The number of carboxylic acid groups (broad SMARTS) is 1. The molecule has 23 heavy (non-hydrogen) atoms. The van der Waals surface area contributed by atoms with Crippen LogP contribution in [0.1, 0.15) is 48.5 Å². The maximum Gasteiger partial charge on any atom is 0.410 e. The molecule has 0 fully saturated rings. The molecule has 136 valence electrons. The van der Waals surface area contributed by atoms with Crippen molar-refractivity contribution in [3.63, 3.8) is 0 Å². The number of ether oxygens (including phenoxy) is 1. The van der Waals surface area contributed by atoms with Crippen LogP contribution in [-0.2, 0) is 14.0 Å². The van der Waals surface area contributed by atoms with E-state index in [1.807, 2.05) is 0 Å². The fourth-order valence-electron chi connectivity index (χ4n) is 1.83. The van der Waals surface area contributed by atoms with E-state index in [0.717, 1.165) is 4.90 Å². The third kappa shape index (κ3) is 6.51. The minimum atomic E-state index is -2.15. The first-order valence-electron chi connectivity index (χ1n) is 7.86. The first-order chi connectivity index (χ1) is 9.99. The molecule has 7 heteroatoms. The number of aliphatic carboxylic acids is 1. The van der Waals surface area contributed by atoms with E-state index >= 15 is 0 Å². The molecular weight excluding hydrogens is 314 g/mol. The molecule has 0 spiro atoms. The van der Waals surface area contributed by atoms with Gasteiger partial charge in [-0.3, -0.25) is 4.90 Å².